The van der Waals surface area contributed by atoms with E-state index in [9.17, 15) is 0 Å². The summed E-state index contributed by atoms with van der Waals surface area (Å²) in [5, 5.41) is 4.42. The molecule has 3 heteroatoms. The highest BCUT2D eigenvalue weighted by Gasteiger charge is 2.27. The van der Waals surface area contributed by atoms with E-state index in [2.05, 4.69) is 59.0 Å². The molecule has 2 heterocycles. The van der Waals surface area contributed by atoms with Gasteiger partial charge in [-0.15, -0.1) is 0 Å². The molecule has 0 spiro atoms. The standard InChI is InChI=1S/C15H19N3/c1-12(2)17-10-13-6-3-4-7-14(13)15(11-17)18-9-5-8-16-18/h3-9,12,15H,10-11H2,1-2H3. The monoisotopic (exact) mass is 241 g/mol. The van der Waals surface area contributed by atoms with Crippen LogP contribution in [0, 0.1) is 0 Å². The number of aromatic nitrogens is 2. The molecule has 0 amide bonds. The van der Waals surface area contributed by atoms with Crippen molar-refractivity contribution in [3.05, 3.63) is 53.9 Å². The van der Waals surface area contributed by atoms with Gasteiger partial charge in [0.05, 0.1) is 6.04 Å². The van der Waals surface area contributed by atoms with Crippen molar-refractivity contribution in [2.24, 2.45) is 0 Å². The van der Waals surface area contributed by atoms with Gasteiger partial charge in [0.25, 0.3) is 0 Å². The van der Waals surface area contributed by atoms with Crippen LogP contribution in [0.25, 0.3) is 0 Å². The zero-order valence-electron chi connectivity index (χ0n) is 11.0. The minimum Gasteiger partial charge on any atom is -0.294 e. The van der Waals surface area contributed by atoms with Gasteiger partial charge in [-0.3, -0.25) is 9.58 Å². The number of hydrogen-bond acceptors (Lipinski definition) is 2. The Labute approximate surface area is 108 Å². The largest absolute Gasteiger partial charge is 0.294 e. The van der Waals surface area contributed by atoms with E-state index < -0.39 is 0 Å². The first-order valence-corrected chi connectivity index (χ1v) is 6.56. The maximum atomic E-state index is 4.42. The lowest BCUT2D eigenvalue weighted by molar-refractivity contribution is 0.170. The lowest BCUT2D eigenvalue weighted by atomic mass is 9.94. The quantitative estimate of drug-likeness (QED) is 0.806. The molecule has 0 saturated heterocycles. The Kier molecular flexibility index (Phi) is 2.92. The maximum absolute atomic E-state index is 4.42. The summed E-state index contributed by atoms with van der Waals surface area (Å²) in [5.74, 6) is 0. The van der Waals surface area contributed by atoms with E-state index in [1.807, 2.05) is 12.3 Å². The van der Waals surface area contributed by atoms with E-state index in [4.69, 9.17) is 0 Å². The van der Waals surface area contributed by atoms with Crippen LogP contribution in [0.4, 0.5) is 0 Å². The third-order valence-corrected chi connectivity index (χ3v) is 3.77. The van der Waals surface area contributed by atoms with E-state index in [0.29, 0.717) is 12.1 Å². The first kappa shape index (κ1) is 11.5. The normalized spacial score (nSPS) is 20.1. The molecule has 3 nitrogen and oxygen atoms in total. The molecule has 0 fully saturated rings. The molecular weight excluding hydrogens is 222 g/mol. The highest BCUT2D eigenvalue weighted by atomic mass is 15.3. The zero-order valence-corrected chi connectivity index (χ0v) is 11.0. The number of fused-ring (bicyclic) bond motifs is 1. The van der Waals surface area contributed by atoms with Crippen LogP contribution in [-0.4, -0.2) is 27.3 Å². The summed E-state index contributed by atoms with van der Waals surface area (Å²) in [6.45, 7) is 6.60. The SMILES string of the molecule is CC(C)N1Cc2ccccc2C(n2cccn2)C1. The summed E-state index contributed by atoms with van der Waals surface area (Å²) >= 11 is 0. The second kappa shape index (κ2) is 4.58. The first-order valence-electron chi connectivity index (χ1n) is 6.56. The third kappa shape index (κ3) is 1.95. The van der Waals surface area contributed by atoms with Gasteiger partial charge in [0.1, 0.15) is 0 Å². The van der Waals surface area contributed by atoms with Gasteiger partial charge in [0.15, 0.2) is 0 Å². The smallest absolute Gasteiger partial charge is 0.0898 e. The van der Waals surface area contributed by atoms with Crippen molar-refractivity contribution in [1.29, 1.82) is 0 Å². The molecule has 0 aliphatic carbocycles. The molecule has 1 aliphatic heterocycles. The summed E-state index contributed by atoms with van der Waals surface area (Å²) in [4.78, 5) is 2.51. The Bertz CT molecular complexity index is 516. The molecule has 94 valence electrons. The molecule has 0 saturated carbocycles. The van der Waals surface area contributed by atoms with Gasteiger partial charge < -0.3 is 0 Å². The molecule has 1 aromatic carbocycles. The highest BCUT2D eigenvalue weighted by Crippen LogP contribution is 2.29. The van der Waals surface area contributed by atoms with E-state index in [0.717, 1.165) is 13.1 Å². The number of benzene rings is 1. The fraction of sp³-hybridized carbons (Fsp3) is 0.400. The Balaban J connectivity index is 2.02. The molecule has 0 radical (unpaired) electrons. The molecule has 1 aliphatic rings. The summed E-state index contributed by atoms with van der Waals surface area (Å²) in [5.41, 5.74) is 2.84. The van der Waals surface area contributed by atoms with Gasteiger partial charge in [0, 0.05) is 31.5 Å². The van der Waals surface area contributed by atoms with Crippen LogP contribution in [0.15, 0.2) is 42.7 Å². The predicted octanol–water partition coefficient (Wildman–Crippen LogP) is 2.70. The van der Waals surface area contributed by atoms with Crippen LogP contribution >= 0.6 is 0 Å². The lowest BCUT2D eigenvalue weighted by Gasteiger charge is -2.37. The predicted molar refractivity (Wildman–Crippen MR) is 72.4 cm³/mol. The Hall–Kier alpha value is -1.61. The van der Waals surface area contributed by atoms with Crippen LogP contribution in [0.2, 0.25) is 0 Å². The van der Waals surface area contributed by atoms with Gasteiger partial charge in [-0.25, -0.2) is 0 Å². The minimum absolute atomic E-state index is 0.340. The van der Waals surface area contributed by atoms with E-state index >= 15 is 0 Å². The van der Waals surface area contributed by atoms with Crippen molar-refractivity contribution < 1.29 is 0 Å². The number of nitrogens with zero attached hydrogens (tertiary/aromatic N) is 3. The van der Waals surface area contributed by atoms with Gasteiger partial charge in [-0.1, -0.05) is 24.3 Å². The molecular formula is C15H19N3. The second-order valence-corrected chi connectivity index (χ2v) is 5.22. The highest BCUT2D eigenvalue weighted by molar-refractivity contribution is 5.32. The fourth-order valence-electron chi connectivity index (χ4n) is 2.69. The molecule has 1 aromatic heterocycles. The van der Waals surface area contributed by atoms with E-state index in [1.165, 1.54) is 11.1 Å². The fourth-order valence-corrected chi connectivity index (χ4v) is 2.69. The van der Waals surface area contributed by atoms with E-state index in [-0.39, 0.29) is 0 Å². The molecule has 0 bridgehead atoms. The van der Waals surface area contributed by atoms with Crippen molar-refractivity contribution in [2.45, 2.75) is 32.5 Å². The summed E-state index contributed by atoms with van der Waals surface area (Å²) in [6.07, 6.45) is 3.92. The van der Waals surface area contributed by atoms with Crippen molar-refractivity contribution >= 4 is 0 Å². The maximum Gasteiger partial charge on any atom is 0.0898 e. The second-order valence-electron chi connectivity index (χ2n) is 5.22. The molecule has 18 heavy (non-hydrogen) atoms. The average Bonchev–Trinajstić information content (AvgIpc) is 2.91. The molecule has 0 N–H and O–H groups in total. The minimum atomic E-state index is 0.340. The number of rotatable bonds is 2. The third-order valence-electron chi connectivity index (χ3n) is 3.77. The van der Waals surface area contributed by atoms with Gasteiger partial charge >= 0.3 is 0 Å². The Morgan fingerprint density at radius 3 is 2.78 bits per heavy atom. The van der Waals surface area contributed by atoms with Gasteiger partial charge in [-0.05, 0) is 31.0 Å². The van der Waals surface area contributed by atoms with Crippen LogP contribution in [0.3, 0.4) is 0 Å². The molecule has 3 rings (SSSR count). The summed E-state index contributed by atoms with van der Waals surface area (Å²) < 4.78 is 2.08. The van der Waals surface area contributed by atoms with Crippen molar-refractivity contribution in [3.63, 3.8) is 0 Å². The topological polar surface area (TPSA) is 21.1 Å². The molecule has 2 aromatic rings. The average molecular weight is 241 g/mol. The van der Waals surface area contributed by atoms with Crippen molar-refractivity contribution in [2.75, 3.05) is 6.54 Å². The van der Waals surface area contributed by atoms with E-state index in [1.54, 1.807) is 0 Å². The van der Waals surface area contributed by atoms with Crippen LogP contribution in [-0.2, 0) is 6.54 Å². The van der Waals surface area contributed by atoms with Gasteiger partial charge in [0.2, 0.25) is 0 Å². The molecule has 1 unspecified atom stereocenters. The number of hydrogen-bond donors (Lipinski definition) is 0. The van der Waals surface area contributed by atoms with Crippen LogP contribution < -0.4 is 0 Å². The molecule has 1 atom stereocenters. The summed E-state index contributed by atoms with van der Waals surface area (Å²) in [6, 6.07) is 11.6. The first-order chi connectivity index (χ1) is 8.75. The zero-order chi connectivity index (χ0) is 12.5. The summed E-state index contributed by atoms with van der Waals surface area (Å²) in [7, 11) is 0. The Morgan fingerprint density at radius 1 is 1.22 bits per heavy atom. The van der Waals surface area contributed by atoms with Gasteiger partial charge in [-0.2, -0.15) is 5.10 Å². The van der Waals surface area contributed by atoms with Crippen LogP contribution in [0.5, 0.6) is 0 Å². The van der Waals surface area contributed by atoms with Crippen LogP contribution in [0.1, 0.15) is 31.0 Å². The lowest BCUT2D eigenvalue weighted by Crippen LogP contribution is -2.40. The van der Waals surface area contributed by atoms with Crippen molar-refractivity contribution in [1.82, 2.24) is 14.7 Å². The Morgan fingerprint density at radius 2 is 2.06 bits per heavy atom. The van der Waals surface area contributed by atoms with Crippen molar-refractivity contribution in [3.8, 4) is 0 Å².